The summed E-state index contributed by atoms with van der Waals surface area (Å²) in [5.41, 5.74) is 2.08. The van der Waals surface area contributed by atoms with Crippen LogP contribution in [0.4, 0.5) is 5.69 Å². The van der Waals surface area contributed by atoms with Crippen molar-refractivity contribution in [3.63, 3.8) is 0 Å². The molecule has 0 spiro atoms. The molecule has 116 valence electrons. The van der Waals surface area contributed by atoms with E-state index in [4.69, 9.17) is 4.74 Å². The number of para-hydroxylation sites is 1. The average Bonchev–Trinajstić information content (AvgIpc) is 3.11. The fourth-order valence-electron chi connectivity index (χ4n) is 2.17. The maximum Gasteiger partial charge on any atom is 0.259 e. The van der Waals surface area contributed by atoms with Gasteiger partial charge in [0.2, 0.25) is 0 Å². The highest BCUT2D eigenvalue weighted by molar-refractivity contribution is 6.06. The molecule has 1 N–H and O–H groups in total. The zero-order valence-electron chi connectivity index (χ0n) is 12.6. The molecule has 0 atom stereocenters. The van der Waals surface area contributed by atoms with Gasteiger partial charge in [-0.2, -0.15) is 5.10 Å². The Morgan fingerprint density at radius 1 is 1.17 bits per heavy atom. The van der Waals surface area contributed by atoms with Crippen LogP contribution in [0.15, 0.2) is 61.2 Å². The number of carbonyl (C=O) groups is 1. The van der Waals surface area contributed by atoms with E-state index in [0.717, 1.165) is 5.69 Å². The van der Waals surface area contributed by atoms with E-state index in [2.05, 4.69) is 15.4 Å². The number of carbonyl (C=O) groups excluding carboxylic acids is 1. The van der Waals surface area contributed by atoms with Gasteiger partial charge >= 0.3 is 0 Å². The van der Waals surface area contributed by atoms with Crippen LogP contribution in [-0.4, -0.2) is 27.3 Å². The highest BCUT2D eigenvalue weighted by Crippen LogP contribution is 2.20. The Morgan fingerprint density at radius 3 is 2.65 bits per heavy atom. The highest BCUT2D eigenvalue weighted by atomic mass is 16.5. The van der Waals surface area contributed by atoms with Gasteiger partial charge in [0.1, 0.15) is 18.4 Å². The van der Waals surface area contributed by atoms with Crippen molar-refractivity contribution in [3.8, 4) is 11.4 Å². The number of ether oxygens (including phenoxy) is 1. The lowest BCUT2D eigenvalue weighted by Crippen LogP contribution is -2.13. The third kappa shape index (κ3) is 3.37. The molecule has 1 aromatic heterocycles. The molecular formula is C17H16N4O2. The molecule has 0 fully saturated rings. The summed E-state index contributed by atoms with van der Waals surface area (Å²) in [6.07, 6.45) is 3.09. The first-order valence-corrected chi connectivity index (χ1v) is 7.26. The van der Waals surface area contributed by atoms with E-state index < -0.39 is 0 Å². The molecule has 1 heterocycles. The van der Waals surface area contributed by atoms with Crippen LogP contribution >= 0.6 is 0 Å². The summed E-state index contributed by atoms with van der Waals surface area (Å²) in [4.78, 5) is 16.3. The quantitative estimate of drug-likeness (QED) is 0.787. The zero-order valence-corrected chi connectivity index (χ0v) is 12.6. The van der Waals surface area contributed by atoms with Crippen molar-refractivity contribution in [1.82, 2.24) is 14.8 Å². The number of benzene rings is 2. The first-order chi connectivity index (χ1) is 11.3. The Hall–Kier alpha value is -3.15. The Morgan fingerprint density at radius 2 is 1.96 bits per heavy atom. The smallest absolute Gasteiger partial charge is 0.259 e. The maximum absolute atomic E-state index is 12.4. The lowest BCUT2D eigenvalue weighted by molar-refractivity contribution is 0.102. The van der Waals surface area contributed by atoms with E-state index in [-0.39, 0.29) is 5.91 Å². The van der Waals surface area contributed by atoms with Gasteiger partial charge in [-0.15, -0.1) is 0 Å². The molecule has 0 aliphatic heterocycles. The van der Waals surface area contributed by atoms with Crippen molar-refractivity contribution < 1.29 is 9.53 Å². The van der Waals surface area contributed by atoms with Gasteiger partial charge in [0.15, 0.2) is 0 Å². The molecule has 0 saturated carbocycles. The van der Waals surface area contributed by atoms with E-state index >= 15 is 0 Å². The summed E-state index contributed by atoms with van der Waals surface area (Å²) in [7, 11) is 0. The van der Waals surface area contributed by atoms with E-state index in [1.54, 1.807) is 23.1 Å². The fourth-order valence-corrected chi connectivity index (χ4v) is 2.17. The van der Waals surface area contributed by atoms with Crippen molar-refractivity contribution in [2.45, 2.75) is 6.92 Å². The second-order valence-electron chi connectivity index (χ2n) is 4.77. The van der Waals surface area contributed by atoms with Crippen molar-refractivity contribution in [2.75, 3.05) is 11.9 Å². The van der Waals surface area contributed by atoms with Gasteiger partial charge in [0, 0.05) is 5.69 Å². The van der Waals surface area contributed by atoms with Crippen molar-refractivity contribution in [1.29, 1.82) is 0 Å². The van der Waals surface area contributed by atoms with E-state index in [1.165, 1.54) is 6.33 Å². The molecule has 23 heavy (non-hydrogen) atoms. The van der Waals surface area contributed by atoms with Crippen molar-refractivity contribution in [2.24, 2.45) is 0 Å². The molecule has 6 heteroatoms. The molecule has 0 saturated heterocycles. The number of nitrogens with zero attached hydrogens (tertiary/aromatic N) is 3. The third-order valence-electron chi connectivity index (χ3n) is 3.24. The minimum absolute atomic E-state index is 0.206. The summed E-state index contributed by atoms with van der Waals surface area (Å²) in [6, 6.07) is 14.5. The molecule has 6 nitrogen and oxygen atoms in total. The van der Waals surface area contributed by atoms with E-state index in [0.29, 0.717) is 23.6 Å². The Labute approximate surface area is 133 Å². The van der Waals surface area contributed by atoms with Crippen LogP contribution in [0.5, 0.6) is 5.75 Å². The molecule has 0 bridgehead atoms. The fraction of sp³-hybridized carbons (Fsp3) is 0.118. The second kappa shape index (κ2) is 6.74. The lowest BCUT2D eigenvalue weighted by atomic mass is 10.2. The second-order valence-corrected chi connectivity index (χ2v) is 4.77. The van der Waals surface area contributed by atoms with Crippen LogP contribution in [-0.2, 0) is 0 Å². The molecule has 3 rings (SSSR count). The predicted octanol–water partition coefficient (Wildman–Crippen LogP) is 2.92. The molecular weight excluding hydrogens is 292 g/mol. The van der Waals surface area contributed by atoms with Crippen LogP contribution in [0.25, 0.3) is 5.69 Å². The number of hydrogen-bond donors (Lipinski definition) is 1. The number of aromatic nitrogens is 3. The molecule has 3 aromatic rings. The molecule has 0 aliphatic rings. The van der Waals surface area contributed by atoms with Gasteiger partial charge in [-0.25, -0.2) is 9.67 Å². The van der Waals surface area contributed by atoms with E-state index in [9.17, 15) is 4.79 Å². The summed E-state index contributed by atoms with van der Waals surface area (Å²) < 4.78 is 7.13. The Bertz CT molecular complexity index is 783. The number of nitrogens with one attached hydrogen (secondary N) is 1. The highest BCUT2D eigenvalue weighted by Gasteiger charge is 2.12. The summed E-state index contributed by atoms with van der Waals surface area (Å²) >= 11 is 0. The van der Waals surface area contributed by atoms with Crippen LogP contribution in [0.1, 0.15) is 17.3 Å². The minimum atomic E-state index is -0.206. The first-order valence-electron chi connectivity index (χ1n) is 7.26. The Balaban J connectivity index is 1.75. The van der Waals surface area contributed by atoms with E-state index in [1.807, 2.05) is 43.3 Å². The molecule has 1 amide bonds. The van der Waals surface area contributed by atoms with Crippen molar-refractivity contribution >= 4 is 11.6 Å². The normalized spacial score (nSPS) is 10.3. The predicted molar refractivity (Wildman–Crippen MR) is 86.9 cm³/mol. The number of amides is 1. The Kier molecular flexibility index (Phi) is 4.33. The molecule has 2 aromatic carbocycles. The van der Waals surface area contributed by atoms with Crippen LogP contribution in [0, 0.1) is 0 Å². The number of hydrogen-bond acceptors (Lipinski definition) is 4. The molecule has 0 radical (unpaired) electrons. The van der Waals surface area contributed by atoms with Crippen LogP contribution < -0.4 is 10.1 Å². The standard InChI is InChI=1S/C17H16N4O2/c1-2-23-16-6-4-3-5-15(16)17(22)20-13-7-9-14(10-8-13)21-12-18-11-19-21/h3-12H,2H2,1H3,(H,20,22). The minimum Gasteiger partial charge on any atom is -0.493 e. The monoisotopic (exact) mass is 308 g/mol. The van der Waals surface area contributed by atoms with Gasteiger partial charge in [-0.05, 0) is 43.3 Å². The number of anilines is 1. The lowest BCUT2D eigenvalue weighted by Gasteiger charge is -2.10. The summed E-state index contributed by atoms with van der Waals surface area (Å²) in [6.45, 7) is 2.40. The van der Waals surface area contributed by atoms with Gasteiger partial charge in [-0.3, -0.25) is 4.79 Å². The third-order valence-corrected chi connectivity index (χ3v) is 3.24. The number of rotatable bonds is 5. The topological polar surface area (TPSA) is 69.0 Å². The van der Waals surface area contributed by atoms with Gasteiger partial charge < -0.3 is 10.1 Å². The zero-order chi connectivity index (χ0) is 16.1. The average molecular weight is 308 g/mol. The summed E-state index contributed by atoms with van der Waals surface area (Å²) in [5.74, 6) is 0.370. The summed E-state index contributed by atoms with van der Waals surface area (Å²) in [5, 5.41) is 6.92. The molecule has 0 unspecified atom stereocenters. The SMILES string of the molecule is CCOc1ccccc1C(=O)Nc1ccc(-n2cncn2)cc1. The molecule has 0 aliphatic carbocycles. The first kappa shape index (κ1) is 14.8. The van der Waals surface area contributed by atoms with Gasteiger partial charge in [0.05, 0.1) is 17.9 Å². The van der Waals surface area contributed by atoms with Crippen LogP contribution in [0.3, 0.4) is 0 Å². The van der Waals surface area contributed by atoms with Crippen LogP contribution in [0.2, 0.25) is 0 Å². The van der Waals surface area contributed by atoms with Gasteiger partial charge in [-0.1, -0.05) is 12.1 Å². The maximum atomic E-state index is 12.4. The van der Waals surface area contributed by atoms with Crippen molar-refractivity contribution in [3.05, 3.63) is 66.7 Å². The largest absolute Gasteiger partial charge is 0.493 e. The van der Waals surface area contributed by atoms with Gasteiger partial charge in [0.25, 0.3) is 5.91 Å².